The summed E-state index contributed by atoms with van der Waals surface area (Å²) < 4.78 is 42.4. The quantitative estimate of drug-likeness (QED) is 0.256. The SMILES string of the molecule is C=O.CCN(CC)CC.COC(=O)CCCCCN(CCCCCC(=O)CO)C(=O)C(F)(F)F. The average molecular weight is 501 g/mol. The maximum atomic E-state index is 12.6. The van der Waals surface area contributed by atoms with E-state index >= 15 is 0 Å². The Morgan fingerprint density at radius 3 is 1.59 bits per heavy atom. The van der Waals surface area contributed by atoms with Crippen molar-refractivity contribution in [3.05, 3.63) is 0 Å². The maximum Gasteiger partial charge on any atom is 0.471 e. The van der Waals surface area contributed by atoms with Crippen LogP contribution in [0.2, 0.25) is 0 Å². The van der Waals surface area contributed by atoms with Crippen LogP contribution in [-0.4, -0.2) is 92.0 Å². The molecule has 0 aromatic rings. The molecule has 8 nitrogen and oxygen atoms in total. The van der Waals surface area contributed by atoms with Crippen LogP contribution in [0, 0.1) is 0 Å². The van der Waals surface area contributed by atoms with Gasteiger partial charge in [0.25, 0.3) is 0 Å². The zero-order valence-corrected chi connectivity index (χ0v) is 21.1. The van der Waals surface area contributed by atoms with Crippen LogP contribution >= 0.6 is 0 Å². The summed E-state index contributed by atoms with van der Waals surface area (Å²) in [5.74, 6) is -2.55. The molecule has 0 atom stereocenters. The number of halogens is 3. The maximum absolute atomic E-state index is 12.6. The number of hydrogen-bond acceptors (Lipinski definition) is 7. The Balaban J connectivity index is -0.000000905. The summed E-state index contributed by atoms with van der Waals surface area (Å²) in [6.45, 7) is 11.5. The highest BCUT2D eigenvalue weighted by atomic mass is 19.4. The molecule has 0 saturated heterocycles. The number of Topliss-reactive ketones (excluding diaryl/α,β-unsaturated/α-hetero) is 1. The smallest absolute Gasteiger partial charge is 0.469 e. The van der Waals surface area contributed by atoms with E-state index in [1.807, 2.05) is 6.79 Å². The van der Waals surface area contributed by atoms with Crippen molar-refractivity contribution in [2.75, 3.05) is 46.4 Å². The number of ketones is 1. The van der Waals surface area contributed by atoms with Gasteiger partial charge in [-0.1, -0.05) is 33.6 Å². The monoisotopic (exact) mass is 500 g/mol. The first-order valence-electron chi connectivity index (χ1n) is 11.6. The number of carbonyl (C=O) groups is 4. The van der Waals surface area contributed by atoms with Gasteiger partial charge in [-0.05, 0) is 45.3 Å². The molecule has 202 valence electrons. The number of ether oxygens (including phenoxy) is 1. The predicted molar refractivity (Wildman–Crippen MR) is 124 cm³/mol. The molecule has 0 aromatic heterocycles. The van der Waals surface area contributed by atoms with Crippen LogP contribution in [0.5, 0.6) is 0 Å². The Hall–Kier alpha value is -2.01. The summed E-state index contributed by atoms with van der Waals surface area (Å²) in [6.07, 6.45) is -1.86. The van der Waals surface area contributed by atoms with Crippen LogP contribution < -0.4 is 0 Å². The van der Waals surface area contributed by atoms with Gasteiger partial charge < -0.3 is 24.4 Å². The average Bonchev–Trinajstić information content (AvgIpc) is 2.83. The molecule has 1 amide bonds. The van der Waals surface area contributed by atoms with Crippen molar-refractivity contribution in [1.82, 2.24) is 9.80 Å². The minimum absolute atomic E-state index is 0.0327. The highest BCUT2D eigenvalue weighted by Gasteiger charge is 2.41. The number of methoxy groups -OCH3 is 1. The summed E-state index contributed by atoms with van der Waals surface area (Å²) in [5, 5.41) is 8.58. The topological polar surface area (TPSA) is 104 Å². The number of hydrogen-bond donors (Lipinski definition) is 1. The van der Waals surface area contributed by atoms with E-state index in [2.05, 4.69) is 30.4 Å². The van der Waals surface area contributed by atoms with Gasteiger partial charge in [-0.3, -0.25) is 14.4 Å². The molecule has 0 fully saturated rings. The Morgan fingerprint density at radius 1 is 0.824 bits per heavy atom. The van der Waals surface area contributed by atoms with Crippen LogP contribution in [0.15, 0.2) is 0 Å². The third kappa shape index (κ3) is 21.8. The second-order valence-electron chi connectivity index (χ2n) is 7.30. The van der Waals surface area contributed by atoms with Gasteiger partial charge in [-0.25, -0.2) is 0 Å². The first kappa shape index (κ1) is 36.6. The number of aliphatic hydroxyl groups excluding tert-OH is 1. The second kappa shape index (κ2) is 24.1. The van der Waals surface area contributed by atoms with E-state index in [4.69, 9.17) is 9.90 Å². The molecule has 0 aliphatic carbocycles. The van der Waals surface area contributed by atoms with E-state index in [9.17, 15) is 27.6 Å². The lowest BCUT2D eigenvalue weighted by molar-refractivity contribution is -0.185. The highest BCUT2D eigenvalue weighted by molar-refractivity contribution is 5.81. The molecule has 0 saturated carbocycles. The Labute approximate surface area is 201 Å². The number of alkyl halides is 3. The fraction of sp³-hybridized carbons (Fsp3) is 0.826. The Bertz CT molecular complexity index is 498. The Morgan fingerprint density at radius 2 is 1.26 bits per heavy atom. The van der Waals surface area contributed by atoms with E-state index in [0.29, 0.717) is 38.5 Å². The molecule has 1 N–H and O–H groups in total. The van der Waals surface area contributed by atoms with Crippen molar-refractivity contribution in [2.24, 2.45) is 0 Å². The number of rotatable bonds is 16. The molecule has 0 aromatic carbocycles. The van der Waals surface area contributed by atoms with Crippen LogP contribution in [0.4, 0.5) is 13.2 Å². The molecule has 11 heteroatoms. The number of nitrogens with zero attached hydrogens (tertiary/aromatic N) is 2. The van der Waals surface area contributed by atoms with Gasteiger partial charge in [0, 0.05) is 25.9 Å². The van der Waals surface area contributed by atoms with Crippen molar-refractivity contribution in [3.8, 4) is 0 Å². The van der Waals surface area contributed by atoms with Gasteiger partial charge in [0.1, 0.15) is 13.4 Å². The van der Waals surface area contributed by atoms with E-state index in [1.54, 1.807) is 0 Å². The standard InChI is InChI=1S/C16H26F3NO5.C6H15N.CH2O/c1-25-14(23)9-5-3-7-11-20(15(24)16(17,18)19)10-6-2-4-8-13(22)12-21;1-4-7(5-2)6-3;1-2/h21H,2-12H2,1H3;4-6H2,1-3H3;1H2. The first-order chi connectivity index (χ1) is 16.1. The van der Waals surface area contributed by atoms with Crippen molar-refractivity contribution >= 4 is 24.4 Å². The van der Waals surface area contributed by atoms with Crippen molar-refractivity contribution in [3.63, 3.8) is 0 Å². The second-order valence-corrected chi connectivity index (χ2v) is 7.30. The molecule has 0 spiro atoms. The molecule has 0 unspecified atom stereocenters. The van der Waals surface area contributed by atoms with E-state index < -0.39 is 18.7 Å². The summed E-state index contributed by atoms with van der Waals surface area (Å²) in [4.78, 5) is 44.5. The third-order valence-electron chi connectivity index (χ3n) is 4.97. The van der Waals surface area contributed by atoms with Gasteiger partial charge in [-0.2, -0.15) is 13.2 Å². The number of amides is 1. The molecule has 0 bridgehead atoms. The molecular formula is C23H43F3N2O6. The molecule has 0 radical (unpaired) electrons. The summed E-state index contributed by atoms with van der Waals surface area (Å²) in [5.41, 5.74) is 0. The molecule has 0 aliphatic rings. The normalized spacial score (nSPS) is 10.5. The third-order valence-corrected chi connectivity index (χ3v) is 4.97. The zero-order valence-electron chi connectivity index (χ0n) is 21.1. The molecule has 0 rings (SSSR count). The van der Waals surface area contributed by atoms with Gasteiger partial charge in [0.2, 0.25) is 0 Å². The van der Waals surface area contributed by atoms with Crippen molar-refractivity contribution in [1.29, 1.82) is 0 Å². The molecular weight excluding hydrogens is 457 g/mol. The fourth-order valence-corrected chi connectivity index (χ4v) is 2.90. The van der Waals surface area contributed by atoms with E-state index in [1.165, 1.54) is 26.7 Å². The van der Waals surface area contributed by atoms with Crippen LogP contribution in [-0.2, 0) is 23.9 Å². The number of aliphatic hydroxyl groups is 1. The zero-order chi connectivity index (χ0) is 27.0. The number of unbranched alkanes of at least 4 members (excludes halogenated alkanes) is 4. The summed E-state index contributed by atoms with van der Waals surface area (Å²) in [6, 6.07) is 0. The van der Waals surface area contributed by atoms with Crippen molar-refractivity contribution in [2.45, 2.75) is 78.3 Å². The predicted octanol–water partition coefficient (Wildman–Crippen LogP) is 3.40. The lowest BCUT2D eigenvalue weighted by Crippen LogP contribution is -2.42. The van der Waals surface area contributed by atoms with Gasteiger partial charge in [0.05, 0.1) is 7.11 Å². The summed E-state index contributed by atoms with van der Waals surface area (Å²) >= 11 is 0. The lowest BCUT2D eigenvalue weighted by Gasteiger charge is -2.23. The number of esters is 1. The molecule has 0 aliphatic heterocycles. The van der Waals surface area contributed by atoms with Crippen LogP contribution in [0.25, 0.3) is 0 Å². The van der Waals surface area contributed by atoms with Gasteiger partial charge in [0.15, 0.2) is 5.78 Å². The number of carbonyl (C=O) groups excluding carboxylic acids is 4. The van der Waals surface area contributed by atoms with Crippen LogP contribution in [0.3, 0.4) is 0 Å². The largest absolute Gasteiger partial charge is 0.471 e. The first-order valence-corrected chi connectivity index (χ1v) is 11.6. The van der Waals surface area contributed by atoms with Gasteiger partial charge in [-0.15, -0.1) is 0 Å². The minimum atomic E-state index is -4.92. The molecule has 34 heavy (non-hydrogen) atoms. The lowest BCUT2D eigenvalue weighted by atomic mass is 10.1. The highest BCUT2D eigenvalue weighted by Crippen LogP contribution is 2.19. The van der Waals surface area contributed by atoms with E-state index in [-0.39, 0.29) is 37.7 Å². The molecule has 0 heterocycles. The summed E-state index contributed by atoms with van der Waals surface area (Å²) in [7, 11) is 1.26. The van der Waals surface area contributed by atoms with Crippen molar-refractivity contribution < 1.29 is 42.2 Å². The minimum Gasteiger partial charge on any atom is -0.469 e. The fourth-order valence-electron chi connectivity index (χ4n) is 2.90. The Kier molecular flexibility index (Phi) is 25.9. The van der Waals surface area contributed by atoms with Gasteiger partial charge >= 0.3 is 18.1 Å². The van der Waals surface area contributed by atoms with E-state index in [0.717, 1.165) is 4.90 Å². The van der Waals surface area contributed by atoms with Crippen LogP contribution in [0.1, 0.15) is 72.1 Å².